The van der Waals surface area contributed by atoms with Crippen molar-refractivity contribution in [3.8, 4) is 11.6 Å². The minimum absolute atomic E-state index is 0.259. The first-order valence-electron chi connectivity index (χ1n) is 6.21. The lowest BCUT2D eigenvalue weighted by molar-refractivity contribution is 0.192. The van der Waals surface area contributed by atoms with Crippen LogP contribution in [-0.4, -0.2) is 33.1 Å². The summed E-state index contributed by atoms with van der Waals surface area (Å²) < 4.78 is 12.5. The molecule has 0 aromatic carbocycles. The van der Waals surface area contributed by atoms with E-state index >= 15 is 0 Å². The van der Waals surface area contributed by atoms with E-state index in [1.165, 1.54) is 0 Å². The second-order valence-electron chi connectivity index (χ2n) is 4.79. The van der Waals surface area contributed by atoms with Gasteiger partial charge in [0, 0.05) is 24.8 Å². The van der Waals surface area contributed by atoms with Gasteiger partial charge in [-0.1, -0.05) is 5.16 Å². The first-order chi connectivity index (χ1) is 8.74. The fraction of sp³-hybridized carbons (Fsp3) is 0.583. The first kappa shape index (κ1) is 11.4. The van der Waals surface area contributed by atoms with Crippen LogP contribution < -0.4 is 0 Å². The largest absolute Gasteiger partial charge is 0.381 e. The molecule has 1 atom stereocenters. The van der Waals surface area contributed by atoms with Gasteiger partial charge in [0.05, 0.1) is 6.61 Å². The van der Waals surface area contributed by atoms with Crippen LogP contribution in [0.1, 0.15) is 38.1 Å². The number of nitrogens with zero attached hydrogens (tertiary/aromatic N) is 4. The van der Waals surface area contributed by atoms with E-state index in [4.69, 9.17) is 9.26 Å². The zero-order valence-corrected chi connectivity index (χ0v) is 10.5. The average Bonchev–Trinajstić information content (AvgIpc) is 3.10. The van der Waals surface area contributed by atoms with Gasteiger partial charge in [-0.25, -0.2) is 0 Å². The Hall–Kier alpha value is -1.69. The maximum absolute atomic E-state index is 5.32. The minimum Gasteiger partial charge on any atom is -0.381 e. The Kier molecular flexibility index (Phi) is 2.87. The Labute approximate surface area is 105 Å². The predicted octanol–water partition coefficient (Wildman–Crippen LogP) is 2.02. The van der Waals surface area contributed by atoms with Crippen molar-refractivity contribution in [3.05, 3.63) is 18.1 Å². The van der Waals surface area contributed by atoms with Crippen LogP contribution in [0.4, 0.5) is 0 Å². The third-order valence-electron chi connectivity index (χ3n) is 3.09. The van der Waals surface area contributed by atoms with Crippen LogP contribution in [-0.2, 0) is 4.74 Å². The Balaban J connectivity index is 1.83. The molecule has 1 saturated heterocycles. The van der Waals surface area contributed by atoms with Gasteiger partial charge in [-0.05, 0) is 26.3 Å². The van der Waals surface area contributed by atoms with E-state index in [0.29, 0.717) is 18.5 Å². The monoisotopic (exact) mass is 248 g/mol. The van der Waals surface area contributed by atoms with Crippen molar-refractivity contribution < 1.29 is 9.26 Å². The molecule has 0 spiro atoms. The molecule has 0 amide bonds. The van der Waals surface area contributed by atoms with Gasteiger partial charge >= 0.3 is 0 Å². The number of aromatic nitrogens is 4. The van der Waals surface area contributed by atoms with Gasteiger partial charge in [0.15, 0.2) is 11.5 Å². The van der Waals surface area contributed by atoms with E-state index in [2.05, 4.69) is 29.1 Å². The van der Waals surface area contributed by atoms with Gasteiger partial charge in [-0.2, -0.15) is 10.1 Å². The normalized spacial score (nSPS) is 19.8. The molecule has 1 fully saturated rings. The van der Waals surface area contributed by atoms with Gasteiger partial charge in [0.2, 0.25) is 0 Å². The first-order valence-corrected chi connectivity index (χ1v) is 6.21. The quantitative estimate of drug-likeness (QED) is 0.831. The number of hydrogen-bond acceptors (Lipinski definition) is 5. The number of rotatable bonds is 3. The van der Waals surface area contributed by atoms with E-state index in [0.717, 1.165) is 24.5 Å². The van der Waals surface area contributed by atoms with Crippen LogP contribution in [0.5, 0.6) is 0 Å². The second-order valence-corrected chi connectivity index (χ2v) is 4.79. The second kappa shape index (κ2) is 4.53. The third kappa shape index (κ3) is 2.03. The fourth-order valence-corrected chi connectivity index (χ4v) is 1.98. The highest BCUT2D eigenvalue weighted by molar-refractivity contribution is 5.45. The zero-order valence-electron chi connectivity index (χ0n) is 10.5. The number of ether oxygens (including phenoxy) is 1. The molecule has 0 N–H and O–H groups in total. The van der Waals surface area contributed by atoms with Crippen LogP contribution in [0.25, 0.3) is 11.6 Å². The van der Waals surface area contributed by atoms with Gasteiger partial charge in [-0.15, -0.1) is 0 Å². The fourth-order valence-electron chi connectivity index (χ4n) is 1.98. The van der Waals surface area contributed by atoms with Crippen molar-refractivity contribution in [1.82, 2.24) is 19.9 Å². The molecule has 0 bridgehead atoms. The summed E-state index contributed by atoms with van der Waals surface area (Å²) in [6.45, 7) is 5.60. The van der Waals surface area contributed by atoms with Crippen molar-refractivity contribution in [2.45, 2.75) is 32.2 Å². The summed E-state index contributed by atoms with van der Waals surface area (Å²) in [6.07, 6.45) is 2.88. The topological polar surface area (TPSA) is 66.0 Å². The Bertz CT molecular complexity index is 526. The lowest BCUT2D eigenvalue weighted by Crippen LogP contribution is -2.01. The van der Waals surface area contributed by atoms with Crippen LogP contribution in [0.3, 0.4) is 0 Å². The summed E-state index contributed by atoms with van der Waals surface area (Å²) in [6, 6.07) is 2.21. The summed E-state index contributed by atoms with van der Waals surface area (Å²) in [5.74, 6) is 1.47. The summed E-state index contributed by atoms with van der Waals surface area (Å²) in [5.41, 5.74) is 0.723. The highest BCUT2D eigenvalue weighted by Crippen LogP contribution is 2.25. The van der Waals surface area contributed by atoms with E-state index in [9.17, 15) is 0 Å². The highest BCUT2D eigenvalue weighted by atomic mass is 16.5. The Morgan fingerprint density at radius 1 is 1.44 bits per heavy atom. The molecule has 3 heterocycles. The predicted molar refractivity (Wildman–Crippen MR) is 64.1 cm³/mol. The summed E-state index contributed by atoms with van der Waals surface area (Å²) in [5, 5.41) is 8.42. The lowest BCUT2D eigenvalue weighted by atomic mass is 10.1. The van der Waals surface area contributed by atoms with Crippen LogP contribution in [0.15, 0.2) is 16.8 Å². The molecule has 18 heavy (non-hydrogen) atoms. The standard InChI is InChI=1S/C12H16N4O2/c1-8(2)16-5-3-10(14-16)12-13-11(15-18-12)9-4-6-17-7-9/h3,5,8-9H,4,6-7H2,1-2H3. The lowest BCUT2D eigenvalue weighted by Gasteiger charge is -2.02. The molecule has 0 aliphatic carbocycles. The average molecular weight is 248 g/mol. The van der Waals surface area contributed by atoms with Crippen LogP contribution in [0.2, 0.25) is 0 Å². The maximum atomic E-state index is 5.32. The highest BCUT2D eigenvalue weighted by Gasteiger charge is 2.24. The van der Waals surface area contributed by atoms with Crippen LogP contribution >= 0.6 is 0 Å². The molecular weight excluding hydrogens is 232 g/mol. The molecule has 1 aliphatic heterocycles. The summed E-state index contributed by atoms with van der Waals surface area (Å²) >= 11 is 0. The molecule has 1 unspecified atom stereocenters. The van der Waals surface area contributed by atoms with Crippen molar-refractivity contribution in [1.29, 1.82) is 0 Å². The molecular formula is C12H16N4O2. The van der Waals surface area contributed by atoms with Gasteiger partial charge in [0.1, 0.15) is 0 Å². The maximum Gasteiger partial charge on any atom is 0.278 e. The number of hydrogen-bond donors (Lipinski definition) is 0. The third-order valence-corrected chi connectivity index (χ3v) is 3.09. The van der Waals surface area contributed by atoms with E-state index in [1.807, 2.05) is 16.9 Å². The molecule has 96 valence electrons. The minimum atomic E-state index is 0.259. The van der Waals surface area contributed by atoms with Crippen LogP contribution in [0, 0.1) is 0 Å². The van der Waals surface area contributed by atoms with Crippen molar-refractivity contribution in [2.75, 3.05) is 13.2 Å². The molecule has 3 rings (SSSR count). The van der Waals surface area contributed by atoms with Crippen molar-refractivity contribution in [3.63, 3.8) is 0 Å². The molecule has 2 aromatic heterocycles. The molecule has 1 aliphatic rings. The molecule has 0 saturated carbocycles. The van der Waals surface area contributed by atoms with Crippen molar-refractivity contribution >= 4 is 0 Å². The van der Waals surface area contributed by atoms with Gasteiger partial charge < -0.3 is 9.26 Å². The Morgan fingerprint density at radius 2 is 2.33 bits per heavy atom. The smallest absolute Gasteiger partial charge is 0.278 e. The summed E-state index contributed by atoms with van der Waals surface area (Å²) in [4.78, 5) is 4.40. The molecule has 0 radical (unpaired) electrons. The van der Waals surface area contributed by atoms with Crippen molar-refractivity contribution in [2.24, 2.45) is 0 Å². The molecule has 2 aromatic rings. The summed E-state index contributed by atoms with van der Waals surface area (Å²) in [7, 11) is 0. The zero-order chi connectivity index (χ0) is 12.5. The Morgan fingerprint density at radius 3 is 3.00 bits per heavy atom. The SMILES string of the molecule is CC(C)n1ccc(-c2nc(C3CCOC3)no2)n1. The molecule has 6 heteroatoms. The molecule has 6 nitrogen and oxygen atoms in total. The van der Waals surface area contributed by atoms with Gasteiger partial charge in [0.25, 0.3) is 5.89 Å². The van der Waals surface area contributed by atoms with Gasteiger partial charge in [-0.3, -0.25) is 4.68 Å². The van der Waals surface area contributed by atoms with E-state index in [-0.39, 0.29) is 5.92 Å². The van der Waals surface area contributed by atoms with E-state index in [1.54, 1.807) is 0 Å². The van der Waals surface area contributed by atoms with E-state index < -0.39 is 0 Å².